The van der Waals surface area contributed by atoms with Crippen LogP contribution >= 0.6 is 11.3 Å². The van der Waals surface area contributed by atoms with Crippen LogP contribution in [0.25, 0.3) is 5.70 Å². The summed E-state index contributed by atoms with van der Waals surface area (Å²) in [5.41, 5.74) is 7.03. The number of nitrogens with zero attached hydrogens (tertiary/aromatic N) is 2. The first-order valence-electron chi connectivity index (χ1n) is 9.09. The predicted octanol–water partition coefficient (Wildman–Crippen LogP) is 1.20. The molecule has 156 valence electrons. The van der Waals surface area contributed by atoms with Gasteiger partial charge in [-0.15, -0.1) is 11.3 Å². The fourth-order valence-corrected chi connectivity index (χ4v) is 3.60. The Balaban J connectivity index is 1.35. The molecule has 0 atom stereocenters. The molecule has 2 heterocycles. The van der Waals surface area contributed by atoms with Gasteiger partial charge in [-0.25, -0.2) is 4.98 Å². The summed E-state index contributed by atoms with van der Waals surface area (Å²) in [7, 11) is 0. The topological polar surface area (TPSA) is 118 Å². The van der Waals surface area contributed by atoms with Crippen molar-refractivity contribution in [3.63, 3.8) is 0 Å². The van der Waals surface area contributed by atoms with E-state index in [1.54, 1.807) is 18.2 Å². The minimum atomic E-state index is -0.680. The summed E-state index contributed by atoms with van der Waals surface area (Å²) in [6.45, 7) is 5.26. The molecule has 1 aliphatic rings. The number of rotatable bonds is 7. The molecule has 2 aromatic rings. The van der Waals surface area contributed by atoms with Crippen molar-refractivity contribution in [1.29, 1.82) is 0 Å². The molecule has 0 radical (unpaired) electrons. The predicted molar refractivity (Wildman–Crippen MR) is 109 cm³/mol. The average molecular weight is 428 g/mol. The van der Waals surface area contributed by atoms with E-state index in [1.807, 2.05) is 18.4 Å². The Morgan fingerprint density at radius 3 is 2.53 bits per heavy atom. The number of aryl methyl sites for hydroxylation is 1. The Bertz CT molecular complexity index is 981. The van der Waals surface area contributed by atoms with Crippen LogP contribution in [0.1, 0.15) is 33.0 Å². The number of fused-ring (bicyclic) bond motifs is 1. The smallest absolute Gasteiger partial charge is 0.308 e. The molecule has 0 bridgehead atoms. The van der Waals surface area contributed by atoms with Crippen LogP contribution in [0.5, 0.6) is 0 Å². The number of amides is 3. The molecule has 2 N–H and O–H groups in total. The van der Waals surface area contributed by atoms with Crippen molar-refractivity contribution >= 4 is 40.7 Å². The third-order valence-electron chi connectivity index (χ3n) is 4.26. The molecule has 1 aliphatic heterocycles. The summed E-state index contributed by atoms with van der Waals surface area (Å²) in [4.78, 5) is 53.3. The maximum atomic E-state index is 12.4. The lowest BCUT2D eigenvalue weighted by molar-refractivity contribution is -0.149. The van der Waals surface area contributed by atoms with E-state index in [0.717, 1.165) is 11.3 Å². The fourth-order valence-electron chi connectivity index (χ4n) is 2.83. The lowest BCUT2D eigenvalue weighted by atomic mass is 10.1. The minimum Gasteiger partial charge on any atom is -0.455 e. The van der Waals surface area contributed by atoms with E-state index < -0.39 is 24.4 Å². The van der Waals surface area contributed by atoms with Gasteiger partial charge in [0, 0.05) is 34.4 Å². The number of thiazole rings is 1. The van der Waals surface area contributed by atoms with Crippen LogP contribution in [0.15, 0.2) is 36.2 Å². The van der Waals surface area contributed by atoms with Crippen LogP contribution < -0.4 is 10.9 Å². The van der Waals surface area contributed by atoms with Crippen molar-refractivity contribution in [2.24, 2.45) is 0 Å². The molecule has 1 aromatic carbocycles. The van der Waals surface area contributed by atoms with Gasteiger partial charge in [-0.2, -0.15) is 0 Å². The molecule has 0 aliphatic carbocycles. The first-order valence-corrected chi connectivity index (χ1v) is 9.97. The summed E-state index contributed by atoms with van der Waals surface area (Å²) >= 11 is 1.35. The number of hydrazine groups is 1. The summed E-state index contributed by atoms with van der Waals surface area (Å²) in [6.07, 6.45) is -0.0590. The molecule has 0 unspecified atom stereocenters. The SMILES string of the molecule is C=C1c2ccccc2C(=O)N1CCC(=O)OCC(=O)NNC(=O)Cc1nc(C)cs1. The lowest BCUT2D eigenvalue weighted by Gasteiger charge is -2.16. The van der Waals surface area contributed by atoms with Crippen LogP contribution in [0, 0.1) is 6.92 Å². The Kier molecular flexibility index (Phi) is 6.58. The average Bonchev–Trinajstić information content (AvgIpc) is 3.24. The molecule has 30 heavy (non-hydrogen) atoms. The highest BCUT2D eigenvalue weighted by molar-refractivity contribution is 7.09. The van der Waals surface area contributed by atoms with Crippen LogP contribution in [-0.4, -0.2) is 46.7 Å². The van der Waals surface area contributed by atoms with E-state index in [9.17, 15) is 19.2 Å². The van der Waals surface area contributed by atoms with E-state index in [0.29, 0.717) is 16.3 Å². The van der Waals surface area contributed by atoms with Gasteiger partial charge in [0.1, 0.15) is 5.01 Å². The third-order valence-corrected chi connectivity index (χ3v) is 5.23. The molecule has 0 saturated carbocycles. The Hall–Kier alpha value is -3.53. The molecule has 3 amide bonds. The van der Waals surface area contributed by atoms with E-state index in [-0.39, 0.29) is 25.3 Å². The molecular weight excluding hydrogens is 408 g/mol. The van der Waals surface area contributed by atoms with E-state index in [2.05, 4.69) is 22.4 Å². The van der Waals surface area contributed by atoms with E-state index in [1.165, 1.54) is 16.2 Å². The van der Waals surface area contributed by atoms with Gasteiger partial charge in [-0.3, -0.25) is 30.0 Å². The highest BCUT2D eigenvalue weighted by atomic mass is 32.1. The summed E-state index contributed by atoms with van der Waals surface area (Å²) in [6, 6.07) is 7.07. The number of nitrogens with one attached hydrogen (secondary N) is 2. The number of esters is 1. The molecule has 0 saturated heterocycles. The van der Waals surface area contributed by atoms with Crippen LogP contribution in [0.3, 0.4) is 0 Å². The highest BCUT2D eigenvalue weighted by Crippen LogP contribution is 2.31. The zero-order valence-electron chi connectivity index (χ0n) is 16.3. The van der Waals surface area contributed by atoms with Gasteiger partial charge in [0.2, 0.25) is 5.91 Å². The number of benzene rings is 1. The van der Waals surface area contributed by atoms with Crippen molar-refractivity contribution in [3.05, 3.63) is 58.1 Å². The van der Waals surface area contributed by atoms with Gasteiger partial charge in [-0.1, -0.05) is 24.8 Å². The lowest BCUT2D eigenvalue weighted by Crippen LogP contribution is -2.44. The zero-order valence-corrected chi connectivity index (χ0v) is 17.1. The number of aromatic nitrogens is 1. The molecular formula is C20H20N4O5S. The Labute approximate surface area is 176 Å². The van der Waals surface area contributed by atoms with Crippen molar-refractivity contribution in [2.45, 2.75) is 19.8 Å². The van der Waals surface area contributed by atoms with Gasteiger partial charge < -0.3 is 9.64 Å². The van der Waals surface area contributed by atoms with Gasteiger partial charge in [0.15, 0.2) is 6.61 Å². The van der Waals surface area contributed by atoms with Gasteiger partial charge in [-0.05, 0) is 13.0 Å². The Morgan fingerprint density at radius 1 is 1.17 bits per heavy atom. The monoisotopic (exact) mass is 428 g/mol. The number of carbonyl (C=O) groups excluding carboxylic acids is 4. The number of hydrogen-bond acceptors (Lipinski definition) is 7. The van der Waals surface area contributed by atoms with Crippen LogP contribution in [0.4, 0.5) is 0 Å². The number of ether oxygens (including phenoxy) is 1. The summed E-state index contributed by atoms with van der Waals surface area (Å²) in [5, 5.41) is 2.45. The van der Waals surface area contributed by atoms with Crippen molar-refractivity contribution < 1.29 is 23.9 Å². The van der Waals surface area contributed by atoms with E-state index in [4.69, 9.17) is 4.74 Å². The fraction of sp³-hybridized carbons (Fsp3) is 0.250. The second-order valence-corrected chi connectivity index (χ2v) is 7.46. The highest BCUT2D eigenvalue weighted by Gasteiger charge is 2.30. The maximum Gasteiger partial charge on any atom is 0.308 e. The second-order valence-electron chi connectivity index (χ2n) is 6.52. The number of carbonyl (C=O) groups is 4. The third kappa shape index (κ3) is 5.09. The maximum absolute atomic E-state index is 12.4. The Morgan fingerprint density at radius 2 is 1.87 bits per heavy atom. The molecule has 0 fully saturated rings. The zero-order chi connectivity index (χ0) is 21.7. The normalized spacial score (nSPS) is 12.5. The molecule has 3 rings (SSSR count). The molecule has 1 aromatic heterocycles. The summed E-state index contributed by atoms with van der Waals surface area (Å²) in [5.74, 6) is -1.98. The van der Waals surface area contributed by atoms with Gasteiger partial charge in [0.05, 0.1) is 12.8 Å². The minimum absolute atomic E-state index is 0.0364. The van der Waals surface area contributed by atoms with Gasteiger partial charge >= 0.3 is 5.97 Å². The first kappa shape index (κ1) is 21.2. The number of hydrogen-bond donors (Lipinski definition) is 2. The van der Waals surface area contributed by atoms with Gasteiger partial charge in [0.25, 0.3) is 11.8 Å². The van der Waals surface area contributed by atoms with Crippen LogP contribution in [-0.2, 0) is 25.5 Å². The van der Waals surface area contributed by atoms with Crippen molar-refractivity contribution in [1.82, 2.24) is 20.7 Å². The largest absolute Gasteiger partial charge is 0.455 e. The van der Waals surface area contributed by atoms with Crippen LogP contribution in [0.2, 0.25) is 0 Å². The first-order chi connectivity index (χ1) is 14.3. The van der Waals surface area contributed by atoms with E-state index >= 15 is 0 Å². The standard InChI is InChI=1S/C20H20N4O5S/c1-12-11-30-18(21-12)9-16(25)22-23-17(26)10-29-19(27)7-8-24-13(2)14-5-3-4-6-15(14)20(24)28/h3-6,11H,2,7-10H2,1H3,(H,22,25)(H,23,26). The van der Waals surface area contributed by atoms with Crippen molar-refractivity contribution in [3.8, 4) is 0 Å². The summed E-state index contributed by atoms with van der Waals surface area (Å²) < 4.78 is 4.88. The molecule has 10 heteroatoms. The van der Waals surface area contributed by atoms with Crippen molar-refractivity contribution in [2.75, 3.05) is 13.2 Å². The molecule has 9 nitrogen and oxygen atoms in total. The molecule has 0 spiro atoms. The quantitative estimate of drug-likeness (QED) is 0.506. The second kappa shape index (κ2) is 9.31.